The molecule has 2 aliphatic rings. The Morgan fingerprint density at radius 1 is 0.778 bits per heavy atom. The first-order chi connectivity index (χ1) is 17.8. The SMILES string of the molecule is Clc1ccc(-c2nc3c4c(ccc3o2)-c2ccccc2C4(C2=CCC=CC=C2)c2ccccc2)cc1. The number of fused-ring (bicyclic) bond motifs is 5. The summed E-state index contributed by atoms with van der Waals surface area (Å²) in [7, 11) is 0. The van der Waals surface area contributed by atoms with Crippen LogP contribution < -0.4 is 0 Å². The average molecular weight is 484 g/mol. The van der Waals surface area contributed by atoms with Crippen LogP contribution in [-0.4, -0.2) is 4.98 Å². The second-order valence-corrected chi connectivity index (χ2v) is 9.64. The van der Waals surface area contributed by atoms with Crippen molar-refractivity contribution in [3.05, 3.63) is 149 Å². The van der Waals surface area contributed by atoms with Crippen LogP contribution in [0.15, 0.2) is 131 Å². The van der Waals surface area contributed by atoms with E-state index in [2.05, 4.69) is 97.1 Å². The molecule has 0 fully saturated rings. The molecule has 0 bridgehead atoms. The zero-order chi connectivity index (χ0) is 24.1. The van der Waals surface area contributed by atoms with Crippen molar-refractivity contribution in [2.45, 2.75) is 11.8 Å². The molecule has 0 N–H and O–H groups in total. The lowest BCUT2D eigenvalue weighted by molar-refractivity contribution is 0.620. The quantitative estimate of drug-likeness (QED) is 0.256. The molecule has 0 spiro atoms. The van der Waals surface area contributed by atoms with E-state index >= 15 is 0 Å². The van der Waals surface area contributed by atoms with Gasteiger partial charge in [-0.1, -0.05) is 103 Å². The van der Waals surface area contributed by atoms with Crippen molar-refractivity contribution >= 4 is 22.7 Å². The molecule has 1 aromatic heterocycles. The molecular weight excluding hydrogens is 462 g/mol. The maximum absolute atomic E-state index is 6.36. The lowest BCUT2D eigenvalue weighted by Crippen LogP contribution is -2.29. The van der Waals surface area contributed by atoms with Gasteiger partial charge in [0.05, 0.1) is 5.41 Å². The van der Waals surface area contributed by atoms with Crippen molar-refractivity contribution in [1.82, 2.24) is 4.98 Å². The Morgan fingerprint density at radius 3 is 2.44 bits per heavy atom. The van der Waals surface area contributed by atoms with Crippen molar-refractivity contribution in [3.63, 3.8) is 0 Å². The lowest BCUT2D eigenvalue weighted by atomic mass is 9.66. The zero-order valence-corrected chi connectivity index (χ0v) is 20.2. The molecule has 36 heavy (non-hydrogen) atoms. The Balaban J connectivity index is 1.61. The third kappa shape index (κ3) is 3.01. The second-order valence-electron chi connectivity index (χ2n) is 9.20. The first-order valence-electron chi connectivity index (χ1n) is 12.2. The van der Waals surface area contributed by atoms with E-state index in [1.54, 1.807) is 0 Å². The highest BCUT2D eigenvalue weighted by Gasteiger charge is 2.48. The minimum absolute atomic E-state index is 0.511. The predicted octanol–water partition coefficient (Wildman–Crippen LogP) is 8.91. The minimum atomic E-state index is -0.511. The van der Waals surface area contributed by atoms with E-state index in [4.69, 9.17) is 21.0 Å². The summed E-state index contributed by atoms with van der Waals surface area (Å²) in [5.41, 5.74) is 9.41. The monoisotopic (exact) mass is 483 g/mol. The molecule has 0 saturated heterocycles. The van der Waals surface area contributed by atoms with Crippen LogP contribution in [0.4, 0.5) is 0 Å². The Labute approximate surface area is 214 Å². The number of aromatic nitrogens is 1. The first-order valence-corrected chi connectivity index (χ1v) is 12.5. The number of hydrogen-bond acceptors (Lipinski definition) is 2. The number of rotatable bonds is 3. The van der Waals surface area contributed by atoms with E-state index in [9.17, 15) is 0 Å². The molecule has 1 heterocycles. The molecule has 0 amide bonds. The van der Waals surface area contributed by atoms with E-state index in [1.165, 1.54) is 33.4 Å². The van der Waals surface area contributed by atoms with E-state index in [0.29, 0.717) is 10.9 Å². The van der Waals surface area contributed by atoms with Crippen LogP contribution in [0.1, 0.15) is 23.1 Å². The molecule has 5 aromatic rings. The predicted molar refractivity (Wildman–Crippen MR) is 147 cm³/mol. The van der Waals surface area contributed by atoms with Gasteiger partial charge in [-0.25, -0.2) is 4.98 Å². The van der Waals surface area contributed by atoms with Gasteiger partial charge in [-0.15, -0.1) is 0 Å². The van der Waals surface area contributed by atoms with Crippen molar-refractivity contribution in [2.75, 3.05) is 0 Å². The summed E-state index contributed by atoms with van der Waals surface area (Å²) >= 11 is 6.14. The first kappa shape index (κ1) is 21.2. The third-order valence-corrected chi connectivity index (χ3v) is 7.54. The van der Waals surface area contributed by atoms with Gasteiger partial charge in [0.25, 0.3) is 0 Å². The van der Waals surface area contributed by atoms with Gasteiger partial charge in [0, 0.05) is 16.1 Å². The topological polar surface area (TPSA) is 26.0 Å². The fourth-order valence-corrected chi connectivity index (χ4v) is 5.93. The molecule has 7 rings (SSSR count). The molecule has 172 valence electrons. The van der Waals surface area contributed by atoms with Gasteiger partial charge < -0.3 is 4.42 Å². The van der Waals surface area contributed by atoms with Crippen LogP contribution in [0.25, 0.3) is 33.7 Å². The second kappa shape index (κ2) is 8.22. The van der Waals surface area contributed by atoms with Crippen molar-refractivity contribution in [3.8, 4) is 22.6 Å². The third-order valence-electron chi connectivity index (χ3n) is 7.28. The summed E-state index contributed by atoms with van der Waals surface area (Å²) < 4.78 is 6.36. The van der Waals surface area contributed by atoms with E-state index in [-0.39, 0.29) is 0 Å². The molecule has 3 heteroatoms. The van der Waals surface area contributed by atoms with Crippen LogP contribution in [0.2, 0.25) is 5.02 Å². The van der Waals surface area contributed by atoms with Crippen molar-refractivity contribution in [2.24, 2.45) is 0 Å². The van der Waals surface area contributed by atoms with Crippen molar-refractivity contribution < 1.29 is 4.42 Å². The van der Waals surface area contributed by atoms with E-state index < -0.39 is 5.41 Å². The zero-order valence-electron chi connectivity index (χ0n) is 19.5. The number of nitrogens with zero attached hydrogens (tertiary/aromatic N) is 1. The molecular formula is C33H22ClNO. The summed E-state index contributed by atoms with van der Waals surface area (Å²) in [4.78, 5) is 5.13. The molecule has 2 aliphatic carbocycles. The highest BCUT2D eigenvalue weighted by Crippen LogP contribution is 2.58. The molecule has 0 radical (unpaired) electrons. The summed E-state index contributed by atoms with van der Waals surface area (Å²) in [5.74, 6) is 0.597. The van der Waals surface area contributed by atoms with Crippen molar-refractivity contribution in [1.29, 1.82) is 0 Å². The van der Waals surface area contributed by atoms with Crippen LogP contribution >= 0.6 is 11.6 Å². The summed E-state index contributed by atoms with van der Waals surface area (Å²) in [5, 5.41) is 0.690. The largest absolute Gasteiger partial charge is 0.436 e. The summed E-state index contributed by atoms with van der Waals surface area (Å²) in [6, 6.07) is 31.4. The van der Waals surface area contributed by atoms with E-state index in [0.717, 1.165) is 23.1 Å². The maximum atomic E-state index is 6.36. The molecule has 4 aromatic carbocycles. The molecule has 0 aliphatic heterocycles. The highest BCUT2D eigenvalue weighted by atomic mass is 35.5. The van der Waals surface area contributed by atoms with Crippen LogP contribution in [0.5, 0.6) is 0 Å². The van der Waals surface area contributed by atoms with Gasteiger partial charge in [-0.05, 0) is 64.6 Å². The van der Waals surface area contributed by atoms with Gasteiger partial charge in [0.1, 0.15) is 5.52 Å². The smallest absolute Gasteiger partial charge is 0.227 e. The normalized spacial score (nSPS) is 18.1. The summed E-state index contributed by atoms with van der Waals surface area (Å²) in [6.45, 7) is 0. The van der Waals surface area contributed by atoms with Gasteiger partial charge in [-0.3, -0.25) is 0 Å². The van der Waals surface area contributed by atoms with Gasteiger partial charge in [0.15, 0.2) is 5.58 Å². The number of benzene rings is 4. The number of hydrogen-bond donors (Lipinski definition) is 0. The Hall–Kier alpha value is -4.14. The van der Waals surface area contributed by atoms with Gasteiger partial charge in [0.2, 0.25) is 5.89 Å². The lowest BCUT2D eigenvalue weighted by Gasteiger charge is -2.34. The molecule has 1 atom stereocenters. The van der Waals surface area contributed by atoms with Crippen LogP contribution in [0.3, 0.4) is 0 Å². The fraction of sp³-hybridized carbons (Fsp3) is 0.0606. The van der Waals surface area contributed by atoms with Gasteiger partial charge in [-0.2, -0.15) is 0 Å². The van der Waals surface area contributed by atoms with E-state index in [1.807, 2.05) is 24.3 Å². The number of oxazole rings is 1. The number of halogens is 1. The van der Waals surface area contributed by atoms with Crippen LogP contribution in [0, 0.1) is 0 Å². The Kier molecular flexibility index (Phi) is 4.83. The summed E-state index contributed by atoms with van der Waals surface area (Å²) in [6.07, 6.45) is 11.9. The Morgan fingerprint density at radius 2 is 1.58 bits per heavy atom. The maximum Gasteiger partial charge on any atom is 0.227 e. The highest BCUT2D eigenvalue weighted by molar-refractivity contribution is 6.30. The Bertz CT molecular complexity index is 1710. The molecule has 2 nitrogen and oxygen atoms in total. The molecule has 0 saturated carbocycles. The van der Waals surface area contributed by atoms with Gasteiger partial charge >= 0.3 is 0 Å². The van der Waals surface area contributed by atoms with Crippen LogP contribution in [-0.2, 0) is 5.41 Å². The molecule has 1 unspecified atom stereocenters. The number of allylic oxidation sites excluding steroid dienone is 6. The minimum Gasteiger partial charge on any atom is -0.436 e. The fourth-order valence-electron chi connectivity index (χ4n) is 5.81. The standard InChI is InChI=1S/C33H22ClNO/c34-25-18-16-22(17-19-25)32-35-31-29(36-32)21-20-27-26-14-8-9-15-28(26)33(30(27)31,24-12-6-3-7-13-24)23-10-4-1-2-5-11-23/h1-4,6-21H,5H2. The average Bonchev–Trinajstić information content (AvgIpc) is 3.36.